The summed E-state index contributed by atoms with van der Waals surface area (Å²) in [4.78, 5) is 10.5. The molecule has 0 bridgehead atoms. The van der Waals surface area contributed by atoms with Gasteiger partial charge in [0.1, 0.15) is 0 Å². The molecule has 78 valence electrons. The summed E-state index contributed by atoms with van der Waals surface area (Å²) in [5, 5.41) is 0. The molecule has 0 aliphatic rings. The van der Waals surface area contributed by atoms with Crippen molar-refractivity contribution in [2.45, 2.75) is 12.8 Å². The van der Waals surface area contributed by atoms with E-state index in [1.807, 2.05) is 0 Å². The van der Waals surface area contributed by atoms with Gasteiger partial charge in [-0.15, -0.1) is 0 Å². The number of rotatable bonds is 6. The zero-order valence-electron chi connectivity index (χ0n) is 7.10. The average molecular weight is 232 g/mol. The van der Waals surface area contributed by atoms with Crippen LogP contribution in [0.1, 0.15) is 12.8 Å². The number of carbonyl (C=O) groups is 1. The van der Waals surface area contributed by atoms with Crippen LogP contribution in [0.4, 0.5) is 0 Å². The number of unbranched alkanes of at least 4 members (excludes halogenated alkanes) is 1. The summed E-state index contributed by atoms with van der Waals surface area (Å²) < 4.78 is 33.3. The first kappa shape index (κ1) is 16.5. The number of carbonyl (C=O) groups excluding carboxylic acids is 1. The minimum absolute atomic E-state index is 0. The Hall–Kier alpha value is 0.120. The number of esters is 1. The standard InChI is InChI=1S/C7H12O5S.Na.H/c1-2-7(8)12-5-3-4-6-13(9,10)11;;/h2H,1,3-6H2,(H,9,10,11);;. The van der Waals surface area contributed by atoms with E-state index in [1.54, 1.807) is 0 Å². The summed E-state index contributed by atoms with van der Waals surface area (Å²) in [6, 6.07) is 0. The van der Waals surface area contributed by atoms with Crippen LogP contribution in [-0.2, 0) is 19.6 Å². The van der Waals surface area contributed by atoms with Gasteiger partial charge in [0.2, 0.25) is 0 Å². The zero-order valence-corrected chi connectivity index (χ0v) is 7.92. The summed E-state index contributed by atoms with van der Waals surface area (Å²) in [7, 11) is -3.89. The zero-order chi connectivity index (χ0) is 10.3. The Morgan fingerprint density at radius 1 is 1.43 bits per heavy atom. The quantitative estimate of drug-likeness (QED) is 0.224. The topological polar surface area (TPSA) is 80.7 Å². The molecule has 0 heterocycles. The van der Waals surface area contributed by atoms with E-state index in [9.17, 15) is 13.2 Å². The maximum atomic E-state index is 10.5. The molecule has 0 saturated carbocycles. The third-order valence-corrected chi connectivity index (χ3v) is 2.01. The molecule has 1 N–H and O–H groups in total. The van der Waals surface area contributed by atoms with Crippen molar-refractivity contribution in [3.63, 3.8) is 0 Å². The molecule has 0 fully saturated rings. The fourth-order valence-corrected chi connectivity index (χ4v) is 1.19. The molecule has 0 aromatic heterocycles. The molecule has 0 aliphatic carbocycles. The molecular formula is C7H13NaO5S. The summed E-state index contributed by atoms with van der Waals surface area (Å²) in [5.41, 5.74) is 0. The van der Waals surface area contributed by atoms with E-state index in [4.69, 9.17) is 4.55 Å². The minimum atomic E-state index is -3.89. The van der Waals surface area contributed by atoms with Crippen molar-refractivity contribution in [3.05, 3.63) is 12.7 Å². The summed E-state index contributed by atoms with van der Waals surface area (Å²) in [6.07, 6.45) is 1.70. The van der Waals surface area contributed by atoms with E-state index < -0.39 is 16.1 Å². The second kappa shape index (κ2) is 8.43. The molecule has 0 spiro atoms. The van der Waals surface area contributed by atoms with Crippen molar-refractivity contribution in [3.8, 4) is 0 Å². The van der Waals surface area contributed by atoms with Crippen LogP contribution in [0.3, 0.4) is 0 Å². The van der Waals surface area contributed by atoms with Gasteiger partial charge in [0.15, 0.2) is 0 Å². The molecule has 0 atom stereocenters. The predicted octanol–water partition coefficient (Wildman–Crippen LogP) is -0.265. The van der Waals surface area contributed by atoms with Gasteiger partial charge in [-0.1, -0.05) is 6.58 Å². The molecule has 0 saturated heterocycles. The van der Waals surface area contributed by atoms with Crippen molar-refractivity contribution in [1.29, 1.82) is 0 Å². The second-order valence-corrected chi connectivity index (χ2v) is 3.94. The Bertz CT molecular complexity index is 272. The summed E-state index contributed by atoms with van der Waals surface area (Å²) in [6.45, 7) is 3.33. The van der Waals surface area contributed by atoms with Crippen molar-refractivity contribution >= 4 is 45.6 Å². The van der Waals surface area contributed by atoms with Crippen molar-refractivity contribution < 1.29 is 22.5 Å². The van der Waals surface area contributed by atoms with Crippen LogP contribution >= 0.6 is 0 Å². The Morgan fingerprint density at radius 2 is 2.00 bits per heavy atom. The Balaban J connectivity index is 0. The van der Waals surface area contributed by atoms with E-state index in [1.165, 1.54) is 0 Å². The fourth-order valence-electron chi connectivity index (χ4n) is 0.618. The number of hydrogen-bond acceptors (Lipinski definition) is 4. The van der Waals surface area contributed by atoms with Crippen molar-refractivity contribution in [2.75, 3.05) is 12.4 Å². The van der Waals surface area contributed by atoms with E-state index in [0.29, 0.717) is 6.42 Å². The van der Waals surface area contributed by atoms with Crippen LogP contribution < -0.4 is 0 Å². The number of ether oxygens (including phenoxy) is 1. The first-order valence-electron chi connectivity index (χ1n) is 3.70. The van der Waals surface area contributed by atoms with E-state index in [-0.39, 0.29) is 48.3 Å². The van der Waals surface area contributed by atoms with Crippen LogP contribution in [0.25, 0.3) is 0 Å². The van der Waals surface area contributed by atoms with Gasteiger partial charge < -0.3 is 4.74 Å². The number of hydrogen-bond donors (Lipinski definition) is 1. The molecule has 0 rings (SSSR count). The third-order valence-electron chi connectivity index (χ3n) is 1.21. The Labute approximate surface area is 106 Å². The van der Waals surface area contributed by atoms with Gasteiger partial charge in [0, 0.05) is 6.08 Å². The molecule has 0 aliphatic heterocycles. The van der Waals surface area contributed by atoms with Crippen LogP contribution in [-0.4, -0.2) is 60.9 Å². The van der Waals surface area contributed by atoms with Gasteiger partial charge in [-0.25, -0.2) is 4.79 Å². The molecule has 0 radical (unpaired) electrons. The first-order valence-corrected chi connectivity index (χ1v) is 5.31. The van der Waals surface area contributed by atoms with Crippen molar-refractivity contribution in [2.24, 2.45) is 0 Å². The van der Waals surface area contributed by atoms with E-state index in [0.717, 1.165) is 6.08 Å². The van der Waals surface area contributed by atoms with Gasteiger partial charge in [-0.2, -0.15) is 8.42 Å². The van der Waals surface area contributed by atoms with Gasteiger partial charge in [0.25, 0.3) is 10.1 Å². The third kappa shape index (κ3) is 12.1. The van der Waals surface area contributed by atoms with Crippen molar-refractivity contribution in [1.82, 2.24) is 0 Å². The monoisotopic (exact) mass is 232 g/mol. The molecule has 0 amide bonds. The summed E-state index contributed by atoms with van der Waals surface area (Å²) >= 11 is 0. The molecule has 14 heavy (non-hydrogen) atoms. The summed E-state index contributed by atoms with van der Waals surface area (Å²) in [5.74, 6) is -0.842. The second-order valence-electron chi connectivity index (χ2n) is 2.36. The fraction of sp³-hybridized carbons (Fsp3) is 0.571. The molecule has 0 unspecified atom stereocenters. The Kier molecular flexibility index (Phi) is 9.96. The normalized spacial score (nSPS) is 10.1. The predicted molar refractivity (Wildman–Crippen MR) is 54.0 cm³/mol. The van der Waals surface area contributed by atoms with E-state index in [2.05, 4.69) is 11.3 Å². The van der Waals surface area contributed by atoms with Crippen LogP contribution in [0, 0.1) is 0 Å². The molecule has 0 aromatic rings. The van der Waals surface area contributed by atoms with Crippen LogP contribution in [0.5, 0.6) is 0 Å². The average Bonchev–Trinajstić information content (AvgIpc) is 2.01. The molecule has 7 heteroatoms. The first-order chi connectivity index (χ1) is 5.95. The Morgan fingerprint density at radius 3 is 2.43 bits per heavy atom. The molecule has 0 aromatic carbocycles. The molecular weight excluding hydrogens is 219 g/mol. The van der Waals surface area contributed by atoms with Gasteiger partial charge in [-0.05, 0) is 12.8 Å². The SMILES string of the molecule is C=CC(=O)OCCCCS(=O)(=O)O.[NaH]. The molecule has 5 nitrogen and oxygen atoms in total. The van der Waals surface area contributed by atoms with Gasteiger partial charge >= 0.3 is 35.5 Å². The van der Waals surface area contributed by atoms with Crippen LogP contribution in [0.15, 0.2) is 12.7 Å². The van der Waals surface area contributed by atoms with Gasteiger partial charge in [0.05, 0.1) is 12.4 Å². The van der Waals surface area contributed by atoms with E-state index >= 15 is 0 Å². The van der Waals surface area contributed by atoms with Crippen LogP contribution in [0.2, 0.25) is 0 Å². The van der Waals surface area contributed by atoms with Gasteiger partial charge in [-0.3, -0.25) is 4.55 Å². The maximum absolute atomic E-state index is 10.5.